The molecule has 2 heteroatoms. The number of pyridine rings is 1. The summed E-state index contributed by atoms with van der Waals surface area (Å²) in [7, 11) is 0. The van der Waals surface area contributed by atoms with Crippen molar-refractivity contribution in [2.75, 3.05) is 0 Å². The van der Waals surface area contributed by atoms with Crippen molar-refractivity contribution in [3.63, 3.8) is 0 Å². The van der Waals surface area contributed by atoms with Gasteiger partial charge in [0.2, 0.25) is 0 Å². The van der Waals surface area contributed by atoms with E-state index >= 15 is 0 Å². The van der Waals surface area contributed by atoms with E-state index in [1.807, 2.05) is 37.3 Å². The molecule has 0 aliphatic carbocycles. The molecule has 0 N–H and O–H groups in total. The van der Waals surface area contributed by atoms with Gasteiger partial charge in [0.05, 0.1) is 0 Å². The molecule has 2 rings (SSSR count). The molecule has 0 spiro atoms. The number of hydrogen-bond acceptors (Lipinski definition) is 1. The first-order chi connectivity index (χ1) is 6.77. The molecule has 0 amide bonds. The molecule has 0 saturated carbocycles. The molecule has 15 heavy (non-hydrogen) atoms. The van der Waals surface area contributed by atoms with E-state index in [0.717, 1.165) is 17.0 Å². The number of aromatic nitrogens is 1. The maximum Gasteiger partial charge on any atom is 0.0295 e. The Bertz CT molecular complexity index is 438. The zero-order valence-corrected chi connectivity index (χ0v) is 11.1. The number of hydrogen-bond donors (Lipinski definition) is 0. The molecule has 0 unspecified atom stereocenters. The summed E-state index contributed by atoms with van der Waals surface area (Å²) in [6, 6.07) is 15.2. The van der Waals surface area contributed by atoms with E-state index < -0.39 is 0 Å². The van der Waals surface area contributed by atoms with Crippen LogP contribution in [0.1, 0.15) is 11.3 Å². The smallest absolute Gasteiger partial charge is 0.0295 e. The Morgan fingerprint density at radius 2 is 1.87 bits per heavy atom. The average Bonchev–Trinajstić information content (AvgIpc) is 2.23. The molecular weight excluding hydrogens is 362 g/mol. The monoisotopic (exact) mass is 375 g/mol. The van der Waals surface area contributed by atoms with Crippen LogP contribution in [0.25, 0.3) is 11.3 Å². The minimum absolute atomic E-state index is 0. The third-order valence-electron chi connectivity index (χ3n) is 2.34. The zero-order chi connectivity index (χ0) is 9.97. The molecule has 0 saturated heterocycles. The van der Waals surface area contributed by atoms with Gasteiger partial charge in [-0.3, -0.25) is 0 Å². The molecule has 1 nitrogen and oxygen atoms in total. The molecule has 0 aliphatic heterocycles. The first-order valence-corrected chi connectivity index (χ1v) is 4.69. The third kappa shape index (κ3) is 2.74. The van der Waals surface area contributed by atoms with Crippen LogP contribution in [0.15, 0.2) is 36.4 Å². The first kappa shape index (κ1) is 12.1. The van der Waals surface area contributed by atoms with Crippen LogP contribution in [0.5, 0.6) is 0 Å². The second-order valence-corrected chi connectivity index (χ2v) is 3.38. The molecule has 0 fully saturated rings. The van der Waals surface area contributed by atoms with E-state index in [2.05, 4.69) is 24.0 Å². The fourth-order valence-electron chi connectivity index (χ4n) is 1.33. The van der Waals surface area contributed by atoms with Crippen LogP contribution in [0.2, 0.25) is 0 Å². The average molecular weight is 374 g/mol. The van der Waals surface area contributed by atoms with Crippen LogP contribution in [0, 0.1) is 19.9 Å². The number of rotatable bonds is 1. The Hall–Kier alpha value is -0.981. The maximum atomic E-state index is 4.51. The van der Waals surface area contributed by atoms with Crippen LogP contribution in [0.3, 0.4) is 0 Å². The Morgan fingerprint density at radius 3 is 2.47 bits per heavy atom. The fourth-order valence-corrected chi connectivity index (χ4v) is 1.33. The van der Waals surface area contributed by atoms with E-state index in [4.69, 9.17) is 0 Å². The van der Waals surface area contributed by atoms with Crippen LogP contribution in [-0.4, -0.2) is 4.98 Å². The minimum Gasteiger partial charge on any atom is -0.301 e. The van der Waals surface area contributed by atoms with Crippen LogP contribution < -0.4 is 0 Å². The topological polar surface area (TPSA) is 12.9 Å². The molecule has 1 aromatic heterocycles. The molecule has 1 heterocycles. The summed E-state index contributed by atoms with van der Waals surface area (Å²) in [5.41, 5.74) is 4.36. The Morgan fingerprint density at radius 1 is 1.07 bits per heavy atom. The van der Waals surface area contributed by atoms with Crippen molar-refractivity contribution in [3.8, 4) is 11.3 Å². The van der Waals surface area contributed by atoms with Crippen molar-refractivity contribution < 1.29 is 20.1 Å². The fraction of sp³-hybridized carbons (Fsp3) is 0.154. The number of nitrogens with zero attached hydrogens (tertiary/aromatic N) is 1. The van der Waals surface area contributed by atoms with Crippen LogP contribution in [-0.2, 0) is 20.1 Å². The second kappa shape index (κ2) is 5.20. The van der Waals surface area contributed by atoms with Crippen molar-refractivity contribution in [3.05, 3.63) is 53.7 Å². The van der Waals surface area contributed by atoms with Gasteiger partial charge in [-0.1, -0.05) is 12.1 Å². The van der Waals surface area contributed by atoms with Gasteiger partial charge in [0, 0.05) is 25.8 Å². The SMILES string of the molecule is Cc1ccc(-c2[c-]cccc2)nc1C.[Ir]. The molecule has 0 aliphatic rings. The van der Waals surface area contributed by atoms with E-state index in [0.29, 0.717) is 0 Å². The van der Waals surface area contributed by atoms with E-state index in [-0.39, 0.29) is 20.1 Å². The first-order valence-electron chi connectivity index (χ1n) is 4.69. The molecule has 0 atom stereocenters. The van der Waals surface area contributed by atoms with Crippen molar-refractivity contribution in [1.82, 2.24) is 4.98 Å². The van der Waals surface area contributed by atoms with E-state index in [1.54, 1.807) is 0 Å². The Kier molecular flexibility index (Phi) is 4.19. The molecule has 79 valence electrons. The summed E-state index contributed by atoms with van der Waals surface area (Å²) >= 11 is 0. The molecule has 1 radical (unpaired) electrons. The van der Waals surface area contributed by atoms with E-state index in [9.17, 15) is 0 Å². The normalized spacial score (nSPS) is 9.47. The minimum atomic E-state index is 0. The molecule has 1 aromatic carbocycles. The van der Waals surface area contributed by atoms with Crippen LogP contribution >= 0.6 is 0 Å². The predicted octanol–water partition coefficient (Wildman–Crippen LogP) is 3.16. The van der Waals surface area contributed by atoms with Crippen molar-refractivity contribution in [2.45, 2.75) is 13.8 Å². The Balaban J connectivity index is 0.00000112. The molecule has 0 bridgehead atoms. The van der Waals surface area contributed by atoms with Gasteiger partial charge in [0.15, 0.2) is 0 Å². The predicted molar refractivity (Wildman–Crippen MR) is 58.0 cm³/mol. The standard InChI is InChI=1S/C13H12N.Ir/c1-10-8-9-13(14-11(10)2)12-6-4-3-5-7-12;/h3-6,8-9H,1-2H3;/q-1;. The van der Waals surface area contributed by atoms with Gasteiger partial charge in [0.1, 0.15) is 0 Å². The largest absolute Gasteiger partial charge is 0.301 e. The van der Waals surface area contributed by atoms with Gasteiger partial charge in [-0.25, -0.2) is 0 Å². The number of benzene rings is 1. The summed E-state index contributed by atoms with van der Waals surface area (Å²) in [5.74, 6) is 0. The molecular formula is C13H12IrN-. The Labute approximate surface area is 104 Å². The van der Waals surface area contributed by atoms with Gasteiger partial charge < -0.3 is 4.98 Å². The van der Waals surface area contributed by atoms with Gasteiger partial charge >= 0.3 is 0 Å². The van der Waals surface area contributed by atoms with Crippen molar-refractivity contribution in [1.29, 1.82) is 0 Å². The summed E-state index contributed by atoms with van der Waals surface area (Å²) < 4.78 is 0. The van der Waals surface area contributed by atoms with E-state index in [1.165, 1.54) is 5.56 Å². The summed E-state index contributed by atoms with van der Waals surface area (Å²) in [6.07, 6.45) is 0. The number of aryl methyl sites for hydroxylation is 2. The molecule has 2 aromatic rings. The quantitative estimate of drug-likeness (QED) is 0.699. The van der Waals surface area contributed by atoms with Crippen LogP contribution in [0.4, 0.5) is 0 Å². The summed E-state index contributed by atoms with van der Waals surface area (Å²) in [4.78, 5) is 4.51. The van der Waals surface area contributed by atoms with Crippen molar-refractivity contribution in [2.24, 2.45) is 0 Å². The second-order valence-electron chi connectivity index (χ2n) is 3.38. The third-order valence-corrected chi connectivity index (χ3v) is 2.34. The zero-order valence-electron chi connectivity index (χ0n) is 8.74. The summed E-state index contributed by atoms with van der Waals surface area (Å²) in [5, 5.41) is 0. The van der Waals surface area contributed by atoms with Gasteiger partial charge in [-0.05, 0) is 25.1 Å². The van der Waals surface area contributed by atoms with Gasteiger partial charge in [-0.15, -0.1) is 35.9 Å². The maximum absolute atomic E-state index is 4.51. The van der Waals surface area contributed by atoms with Crippen molar-refractivity contribution >= 4 is 0 Å². The van der Waals surface area contributed by atoms with Gasteiger partial charge in [0.25, 0.3) is 0 Å². The summed E-state index contributed by atoms with van der Waals surface area (Å²) in [6.45, 7) is 4.10. The van der Waals surface area contributed by atoms with Gasteiger partial charge in [-0.2, -0.15) is 0 Å².